The molecule has 9 heteroatoms. The van der Waals surface area contributed by atoms with E-state index in [1.165, 1.54) is 11.1 Å². The molecule has 1 aliphatic carbocycles. The smallest absolute Gasteiger partial charge is 0.318 e. The Bertz CT molecular complexity index is 1430. The van der Waals surface area contributed by atoms with Crippen molar-refractivity contribution < 1.29 is 9.53 Å². The van der Waals surface area contributed by atoms with Crippen LogP contribution < -0.4 is 5.32 Å². The van der Waals surface area contributed by atoms with E-state index >= 15 is 0 Å². The number of urea groups is 1. The van der Waals surface area contributed by atoms with Crippen LogP contribution in [0.25, 0.3) is 33.5 Å². The minimum atomic E-state index is -0.00158. The Morgan fingerprint density at radius 2 is 2.03 bits per heavy atom. The van der Waals surface area contributed by atoms with Gasteiger partial charge in [0.2, 0.25) is 0 Å². The number of benzene rings is 1. The summed E-state index contributed by atoms with van der Waals surface area (Å²) in [7, 11) is 1.91. The van der Waals surface area contributed by atoms with E-state index in [2.05, 4.69) is 49.6 Å². The first-order valence-corrected chi connectivity index (χ1v) is 13.1. The SMILES string of the molecule is CC(C)OC1CN(C(=O)NC2CCCCc3cc(-c4ncnc5[nH]c(-c6cnn(C)c6)cc45)ccc32)C1. The summed E-state index contributed by atoms with van der Waals surface area (Å²) in [6.45, 7) is 5.37. The topological polar surface area (TPSA) is 101 Å². The van der Waals surface area contributed by atoms with Gasteiger partial charge in [-0.05, 0) is 56.4 Å². The number of carbonyl (C=O) groups excluding carboxylic acids is 1. The van der Waals surface area contributed by atoms with Crippen LogP contribution in [0.4, 0.5) is 4.79 Å². The van der Waals surface area contributed by atoms with Gasteiger partial charge in [-0.15, -0.1) is 0 Å². The Morgan fingerprint density at radius 3 is 2.81 bits per heavy atom. The zero-order valence-corrected chi connectivity index (χ0v) is 21.6. The first kappa shape index (κ1) is 23.7. The fourth-order valence-corrected chi connectivity index (χ4v) is 5.48. The lowest BCUT2D eigenvalue weighted by molar-refractivity contribution is -0.0644. The quantitative estimate of drug-likeness (QED) is 0.391. The molecule has 0 bridgehead atoms. The fraction of sp³-hybridized carbons (Fsp3) is 0.429. The molecule has 9 nitrogen and oxygen atoms in total. The Morgan fingerprint density at radius 1 is 1.16 bits per heavy atom. The van der Waals surface area contributed by atoms with E-state index in [0.717, 1.165) is 59.2 Å². The van der Waals surface area contributed by atoms with Crippen molar-refractivity contribution in [2.45, 2.75) is 57.8 Å². The highest BCUT2D eigenvalue weighted by Crippen LogP contribution is 2.35. The van der Waals surface area contributed by atoms with Gasteiger partial charge in [-0.3, -0.25) is 4.68 Å². The molecule has 2 amide bonds. The molecule has 6 rings (SSSR count). The minimum absolute atomic E-state index is 0.00158. The lowest BCUT2D eigenvalue weighted by Crippen LogP contribution is -2.58. The minimum Gasteiger partial charge on any atom is -0.372 e. The molecule has 192 valence electrons. The molecule has 4 heterocycles. The number of nitrogens with zero attached hydrogens (tertiary/aromatic N) is 5. The van der Waals surface area contributed by atoms with Crippen molar-refractivity contribution in [3.8, 4) is 22.5 Å². The normalized spacial score (nSPS) is 18.1. The van der Waals surface area contributed by atoms with Crippen LogP contribution in [0.1, 0.15) is 50.3 Å². The van der Waals surface area contributed by atoms with E-state index in [1.54, 1.807) is 11.0 Å². The Balaban J connectivity index is 1.25. The van der Waals surface area contributed by atoms with Crippen molar-refractivity contribution in [1.29, 1.82) is 0 Å². The van der Waals surface area contributed by atoms with Gasteiger partial charge in [0.25, 0.3) is 0 Å². The van der Waals surface area contributed by atoms with Gasteiger partial charge in [0.1, 0.15) is 12.0 Å². The van der Waals surface area contributed by atoms with Crippen molar-refractivity contribution in [3.05, 3.63) is 54.1 Å². The summed E-state index contributed by atoms with van der Waals surface area (Å²) < 4.78 is 7.59. The lowest BCUT2D eigenvalue weighted by atomic mass is 9.95. The molecule has 0 spiro atoms. The van der Waals surface area contributed by atoms with Gasteiger partial charge in [-0.1, -0.05) is 18.6 Å². The zero-order valence-electron chi connectivity index (χ0n) is 21.6. The molecule has 1 unspecified atom stereocenters. The van der Waals surface area contributed by atoms with Crippen LogP contribution in [0.15, 0.2) is 43.0 Å². The summed E-state index contributed by atoms with van der Waals surface area (Å²) >= 11 is 0. The van der Waals surface area contributed by atoms with Crippen LogP contribution in [0, 0.1) is 0 Å². The van der Waals surface area contributed by atoms with Gasteiger partial charge >= 0.3 is 6.03 Å². The van der Waals surface area contributed by atoms with Crippen molar-refractivity contribution in [2.24, 2.45) is 7.05 Å². The number of carbonyl (C=O) groups is 1. The molecule has 4 aromatic rings. The molecular formula is C28H33N7O2. The molecule has 0 radical (unpaired) electrons. The third-order valence-corrected chi connectivity index (χ3v) is 7.32. The summed E-state index contributed by atoms with van der Waals surface area (Å²) in [6, 6.07) is 8.65. The molecule has 0 saturated carbocycles. The predicted molar refractivity (Wildman–Crippen MR) is 142 cm³/mol. The van der Waals surface area contributed by atoms with Crippen molar-refractivity contribution in [1.82, 2.24) is 34.9 Å². The van der Waals surface area contributed by atoms with E-state index in [9.17, 15) is 4.79 Å². The van der Waals surface area contributed by atoms with Crippen molar-refractivity contribution in [2.75, 3.05) is 13.1 Å². The van der Waals surface area contributed by atoms with E-state index in [4.69, 9.17) is 4.74 Å². The number of hydrogen-bond donors (Lipinski definition) is 2. The van der Waals surface area contributed by atoms with Crippen LogP contribution in [-0.4, -0.2) is 61.0 Å². The van der Waals surface area contributed by atoms with Crippen molar-refractivity contribution in [3.63, 3.8) is 0 Å². The second-order valence-electron chi connectivity index (χ2n) is 10.4. The number of aryl methyl sites for hydroxylation is 2. The number of nitrogens with one attached hydrogen (secondary N) is 2. The third kappa shape index (κ3) is 4.71. The fourth-order valence-electron chi connectivity index (χ4n) is 5.48. The maximum absolute atomic E-state index is 12.9. The molecule has 1 saturated heterocycles. The highest BCUT2D eigenvalue weighted by Gasteiger charge is 2.33. The summed E-state index contributed by atoms with van der Waals surface area (Å²) in [5, 5.41) is 8.56. The molecule has 3 aromatic heterocycles. The lowest BCUT2D eigenvalue weighted by Gasteiger charge is -2.40. The van der Waals surface area contributed by atoms with Gasteiger partial charge < -0.3 is 19.9 Å². The van der Waals surface area contributed by atoms with Crippen LogP contribution >= 0.6 is 0 Å². The van der Waals surface area contributed by atoms with E-state index in [-0.39, 0.29) is 24.3 Å². The molecule has 2 N–H and O–H groups in total. The number of H-pyrrole nitrogens is 1. The summed E-state index contributed by atoms with van der Waals surface area (Å²) in [4.78, 5) is 27.3. The molecule has 37 heavy (non-hydrogen) atoms. The maximum atomic E-state index is 12.9. The van der Waals surface area contributed by atoms with Crippen LogP contribution in [-0.2, 0) is 18.2 Å². The summed E-state index contributed by atoms with van der Waals surface area (Å²) in [5.41, 5.74) is 7.23. The van der Waals surface area contributed by atoms with Gasteiger partial charge in [-0.25, -0.2) is 14.8 Å². The Labute approximate surface area is 216 Å². The second kappa shape index (κ2) is 9.63. The molecule has 2 aliphatic rings. The average Bonchev–Trinajstić information content (AvgIpc) is 3.43. The highest BCUT2D eigenvalue weighted by molar-refractivity contribution is 5.94. The second-order valence-corrected chi connectivity index (χ2v) is 10.4. The number of fused-ring (bicyclic) bond motifs is 2. The summed E-state index contributed by atoms with van der Waals surface area (Å²) in [6.07, 6.45) is 9.88. The first-order chi connectivity index (χ1) is 17.9. The zero-order chi connectivity index (χ0) is 25.5. The van der Waals surface area contributed by atoms with E-state index < -0.39 is 0 Å². The maximum Gasteiger partial charge on any atom is 0.318 e. The summed E-state index contributed by atoms with van der Waals surface area (Å²) in [5.74, 6) is 0. The van der Waals surface area contributed by atoms with E-state index in [1.807, 2.05) is 38.2 Å². The van der Waals surface area contributed by atoms with Gasteiger partial charge in [0.05, 0.1) is 48.9 Å². The van der Waals surface area contributed by atoms with Crippen LogP contribution in [0.3, 0.4) is 0 Å². The highest BCUT2D eigenvalue weighted by atomic mass is 16.5. The number of aromatic nitrogens is 5. The largest absolute Gasteiger partial charge is 0.372 e. The Kier molecular flexibility index (Phi) is 6.16. The number of aromatic amines is 1. The Hall–Kier alpha value is -3.72. The number of likely N-dealkylation sites (tertiary alicyclic amines) is 1. The van der Waals surface area contributed by atoms with Gasteiger partial charge in [0.15, 0.2) is 0 Å². The number of ether oxygens (including phenoxy) is 1. The standard InChI is InChI=1S/C28H33N7O2/c1-17(2)37-21-14-35(15-21)28(36)33-24-7-5-4-6-18-10-19(8-9-22(18)24)26-23-11-25(20-12-31-34(3)13-20)32-27(23)30-16-29-26/h8-13,16-17,21,24H,4-7,14-15H2,1-3H3,(H,33,36)(H,29,30,32). The average molecular weight is 500 g/mol. The number of hydrogen-bond acceptors (Lipinski definition) is 5. The van der Waals surface area contributed by atoms with Crippen molar-refractivity contribution >= 4 is 17.1 Å². The third-order valence-electron chi connectivity index (χ3n) is 7.32. The first-order valence-electron chi connectivity index (χ1n) is 13.1. The number of amides is 2. The van der Waals surface area contributed by atoms with E-state index in [0.29, 0.717) is 13.1 Å². The molecule has 1 atom stereocenters. The van der Waals surface area contributed by atoms with Gasteiger partial charge in [-0.2, -0.15) is 5.10 Å². The van der Waals surface area contributed by atoms with Crippen LogP contribution in [0.2, 0.25) is 0 Å². The van der Waals surface area contributed by atoms with Crippen LogP contribution in [0.5, 0.6) is 0 Å². The monoisotopic (exact) mass is 499 g/mol. The number of rotatable bonds is 5. The molecular weight excluding hydrogens is 466 g/mol. The molecule has 1 aliphatic heterocycles. The molecule has 1 fully saturated rings. The predicted octanol–water partition coefficient (Wildman–Crippen LogP) is 4.61. The molecule has 1 aromatic carbocycles. The van der Waals surface area contributed by atoms with Gasteiger partial charge in [0, 0.05) is 29.8 Å².